The number of benzene rings is 1. The molecule has 5 heteroatoms. The van der Waals surface area contributed by atoms with E-state index < -0.39 is 5.97 Å². The zero-order chi connectivity index (χ0) is 14.7. The van der Waals surface area contributed by atoms with Crippen LogP contribution in [0.5, 0.6) is 0 Å². The molecule has 0 unspecified atom stereocenters. The van der Waals surface area contributed by atoms with Crippen LogP contribution in [0.2, 0.25) is 0 Å². The van der Waals surface area contributed by atoms with Crippen molar-refractivity contribution < 1.29 is 9.90 Å². The smallest absolute Gasteiger partial charge is 0.335 e. The standard InChI is InChI=1S/C15H18N2O3/c1-3-4-5-13-10(2)16-17(14(13)18)12-8-6-11(7-9-12)15(19)20/h6-9,16H,3-5H2,1-2H3,(H,19,20). The molecule has 106 valence electrons. The zero-order valence-electron chi connectivity index (χ0n) is 11.6. The number of aromatic amines is 1. The van der Waals surface area contributed by atoms with E-state index in [1.54, 1.807) is 12.1 Å². The summed E-state index contributed by atoms with van der Waals surface area (Å²) in [6.07, 6.45) is 2.78. The quantitative estimate of drug-likeness (QED) is 0.879. The van der Waals surface area contributed by atoms with E-state index >= 15 is 0 Å². The molecule has 0 fully saturated rings. The Hall–Kier alpha value is -2.30. The van der Waals surface area contributed by atoms with Crippen LogP contribution in [0.3, 0.4) is 0 Å². The van der Waals surface area contributed by atoms with Crippen molar-refractivity contribution in [3.8, 4) is 5.69 Å². The van der Waals surface area contributed by atoms with E-state index in [0.29, 0.717) is 5.69 Å². The van der Waals surface area contributed by atoms with Crippen LogP contribution >= 0.6 is 0 Å². The molecule has 0 aliphatic heterocycles. The number of rotatable bonds is 5. The number of carboxylic acids is 1. The van der Waals surface area contributed by atoms with Gasteiger partial charge in [0, 0.05) is 11.3 Å². The van der Waals surface area contributed by atoms with Crippen molar-refractivity contribution in [1.82, 2.24) is 9.78 Å². The molecule has 1 heterocycles. The molecule has 0 atom stereocenters. The number of carboxylic acid groups (broad SMARTS) is 1. The number of nitrogens with zero attached hydrogens (tertiary/aromatic N) is 1. The molecule has 1 aromatic heterocycles. The van der Waals surface area contributed by atoms with Gasteiger partial charge in [-0.1, -0.05) is 13.3 Å². The summed E-state index contributed by atoms with van der Waals surface area (Å²) in [5.41, 5.74) is 2.46. The maximum absolute atomic E-state index is 12.3. The van der Waals surface area contributed by atoms with Crippen molar-refractivity contribution in [2.75, 3.05) is 0 Å². The van der Waals surface area contributed by atoms with E-state index in [4.69, 9.17) is 5.11 Å². The Morgan fingerprint density at radius 1 is 1.30 bits per heavy atom. The third-order valence-corrected chi connectivity index (χ3v) is 3.35. The van der Waals surface area contributed by atoms with Gasteiger partial charge in [-0.05, 0) is 44.0 Å². The van der Waals surface area contributed by atoms with Gasteiger partial charge in [0.2, 0.25) is 0 Å². The Kier molecular flexibility index (Phi) is 4.08. The number of carbonyl (C=O) groups is 1. The van der Waals surface area contributed by atoms with E-state index in [-0.39, 0.29) is 11.1 Å². The van der Waals surface area contributed by atoms with Crippen LogP contribution in [-0.2, 0) is 6.42 Å². The normalized spacial score (nSPS) is 10.7. The van der Waals surface area contributed by atoms with E-state index in [1.807, 2.05) is 6.92 Å². The first kappa shape index (κ1) is 14.1. The fourth-order valence-electron chi connectivity index (χ4n) is 2.16. The Labute approximate surface area is 116 Å². The molecule has 20 heavy (non-hydrogen) atoms. The summed E-state index contributed by atoms with van der Waals surface area (Å²) in [6, 6.07) is 6.24. The SMILES string of the molecule is CCCCc1c(C)[nH]n(-c2ccc(C(=O)O)cc2)c1=O. The minimum atomic E-state index is -0.977. The maximum atomic E-state index is 12.3. The highest BCUT2D eigenvalue weighted by Crippen LogP contribution is 2.11. The average molecular weight is 274 g/mol. The van der Waals surface area contributed by atoms with Gasteiger partial charge in [-0.15, -0.1) is 0 Å². The summed E-state index contributed by atoms with van der Waals surface area (Å²) in [7, 11) is 0. The number of hydrogen-bond donors (Lipinski definition) is 2. The first-order valence-corrected chi connectivity index (χ1v) is 6.68. The van der Waals surface area contributed by atoms with E-state index in [1.165, 1.54) is 16.8 Å². The molecule has 0 spiro atoms. The molecule has 0 amide bonds. The van der Waals surface area contributed by atoms with E-state index in [0.717, 1.165) is 30.5 Å². The van der Waals surface area contributed by atoms with Crippen LogP contribution in [0.15, 0.2) is 29.1 Å². The average Bonchev–Trinajstić information content (AvgIpc) is 2.72. The van der Waals surface area contributed by atoms with E-state index in [9.17, 15) is 9.59 Å². The topological polar surface area (TPSA) is 75.1 Å². The molecule has 0 saturated carbocycles. The van der Waals surface area contributed by atoms with Crippen LogP contribution in [0.1, 0.15) is 41.4 Å². The van der Waals surface area contributed by atoms with Crippen molar-refractivity contribution in [2.24, 2.45) is 0 Å². The maximum Gasteiger partial charge on any atom is 0.335 e. The van der Waals surface area contributed by atoms with Gasteiger partial charge in [0.25, 0.3) is 5.56 Å². The fraction of sp³-hybridized carbons (Fsp3) is 0.333. The molecule has 2 rings (SSSR count). The van der Waals surface area contributed by atoms with Crippen LogP contribution in [-0.4, -0.2) is 20.9 Å². The van der Waals surface area contributed by atoms with Crippen molar-refractivity contribution in [3.05, 3.63) is 51.4 Å². The van der Waals surface area contributed by atoms with Crippen LogP contribution in [0.4, 0.5) is 0 Å². The van der Waals surface area contributed by atoms with Crippen molar-refractivity contribution in [2.45, 2.75) is 33.1 Å². The van der Waals surface area contributed by atoms with Gasteiger partial charge in [0.1, 0.15) is 0 Å². The first-order chi connectivity index (χ1) is 9.54. The summed E-state index contributed by atoms with van der Waals surface area (Å²) in [4.78, 5) is 23.1. The van der Waals surface area contributed by atoms with Gasteiger partial charge in [0.15, 0.2) is 0 Å². The lowest BCUT2D eigenvalue weighted by Gasteiger charge is -2.02. The lowest BCUT2D eigenvalue weighted by atomic mass is 10.1. The number of hydrogen-bond acceptors (Lipinski definition) is 2. The molecule has 0 aliphatic carbocycles. The second-order valence-electron chi connectivity index (χ2n) is 4.81. The Morgan fingerprint density at radius 2 is 1.95 bits per heavy atom. The van der Waals surface area contributed by atoms with Crippen molar-refractivity contribution in [3.63, 3.8) is 0 Å². The summed E-state index contributed by atoms with van der Waals surface area (Å²) in [5.74, 6) is -0.977. The number of unbranched alkanes of at least 4 members (excludes halogenated alkanes) is 1. The lowest BCUT2D eigenvalue weighted by Crippen LogP contribution is -2.17. The molecule has 0 saturated heterocycles. The lowest BCUT2D eigenvalue weighted by molar-refractivity contribution is 0.0697. The van der Waals surface area contributed by atoms with Gasteiger partial charge in [-0.25, -0.2) is 9.48 Å². The summed E-state index contributed by atoms with van der Waals surface area (Å²) in [5, 5.41) is 11.9. The summed E-state index contributed by atoms with van der Waals surface area (Å²) in [6.45, 7) is 3.97. The highest BCUT2D eigenvalue weighted by Gasteiger charge is 2.12. The largest absolute Gasteiger partial charge is 0.478 e. The van der Waals surface area contributed by atoms with Gasteiger partial charge >= 0.3 is 5.97 Å². The predicted octanol–water partition coefficient (Wildman–Crippen LogP) is 2.51. The molecule has 2 N–H and O–H groups in total. The number of aromatic carboxylic acids is 1. The highest BCUT2D eigenvalue weighted by molar-refractivity contribution is 5.87. The monoisotopic (exact) mass is 274 g/mol. The van der Waals surface area contributed by atoms with Crippen LogP contribution in [0.25, 0.3) is 5.69 Å². The molecule has 2 aromatic rings. The molecule has 0 radical (unpaired) electrons. The van der Waals surface area contributed by atoms with Gasteiger partial charge in [-0.3, -0.25) is 9.89 Å². The van der Waals surface area contributed by atoms with Crippen molar-refractivity contribution >= 4 is 5.97 Å². The molecular weight excluding hydrogens is 256 g/mol. The first-order valence-electron chi connectivity index (χ1n) is 6.68. The Balaban J connectivity index is 2.38. The van der Waals surface area contributed by atoms with Gasteiger partial charge in [0.05, 0.1) is 11.3 Å². The summed E-state index contributed by atoms with van der Waals surface area (Å²) < 4.78 is 1.46. The fourth-order valence-corrected chi connectivity index (χ4v) is 2.16. The van der Waals surface area contributed by atoms with Gasteiger partial charge in [-0.2, -0.15) is 0 Å². The Bertz CT molecular complexity index is 665. The highest BCUT2D eigenvalue weighted by atomic mass is 16.4. The second-order valence-corrected chi connectivity index (χ2v) is 4.81. The second kappa shape index (κ2) is 5.77. The minimum Gasteiger partial charge on any atom is -0.478 e. The van der Waals surface area contributed by atoms with Gasteiger partial charge < -0.3 is 5.11 Å². The summed E-state index contributed by atoms with van der Waals surface area (Å²) >= 11 is 0. The van der Waals surface area contributed by atoms with Crippen molar-refractivity contribution in [1.29, 1.82) is 0 Å². The predicted molar refractivity (Wildman–Crippen MR) is 76.7 cm³/mol. The molecule has 0 bridgehead atoms. The molecule has 1 aromatic carbocycles. The number of H-pyrrole nitrogens is 1. The minimum absolute atomic E-state index is 0.0565. The van der Waals surface area contributed by atoms with E-state index in [2.05, 4.69) is 12.0 Å². The molecular formula is C15H18N2O3. The third-order valence-electron chi connectivity index (χ3n) is 3.35. The third kappa shape index (κ3) is 2.66. The zero-order valence-corrected chi connectivity index (χ0v) is 11.6. The Morgan fingerprint density at radius 3 is 2.50 bits per heavy atom. The number of aryl methyl sites for hydroxylation is 1. The number of nitrogens with one attached hydrogen (secondary N) is 1. The number of aromatic nitrogens is 2. The molecule has 5 nitrogen and oxygen atoms in total. The van der Waals surface area contributed by atoms with Crippen LogP contribution in [0, 0.1) is 6.92 Å². The van der Waals surface area contributed by atoms with Crippen LogP contribution < -0.4 is 5.56 Å². The molecule has 0 aliphatic rings.